The molecule has 1 aromatic carbocycles. The Bertz CT molecular complexity index is 513. The molecule has 0 aliphatic heterocycles. The van der Waals surface area contributed by atoms with Gasteiger partial charge in [-0.15, -0.1) is 0 Å². The molecule has 0 amide bonds. The SMILES string of the molecule is Cc1ccc(Sc2ccc(Br)cn2)c(CO)c1. The van der Waals surface area contributed by atoms with E-state index in [9.17, 15) is 5.11 Å². The van der Waals surface area contributed by atoms with Crippen LogP contribution in [0.3, 0.4) is 0 Å². The second-order valence-corrected chi connectivity index (χ2v) is 5.66. The molecule has 2 rings (SSSR count). The topological polar surface area (TPSA) is 33.1 Å². The Balaban J connectivity index is 2.26. The molecule has 88 valence electrons. The highest BCUT2D eigenvalue weighted by Gasteiger charge is 2.05. The number of hydrogen-bond acceptors (Lipinski definition) is 3. The highest BCUT2D eigenvalue weighted by Crippen LogP contribution is 2.30. The molecule has 1 heterocycles. The molecular formula is C13H12BrNOS. The summed E-state index contributed by atoms with van der Waals surface area (Å²) in [5.41, 5.74) is 2.10. The third kappa shape index (κ3) is 3.31. The number of aliphatic hydroxyl groups is 1. The van der Waals surface area contributed by atoms with Crippen LogP contribution < -0.4 is 0 Å². The molecule has 0 fully saturated rings. The zero-order valence-corrected chi connectivity index (χ0v) is 11.8. The van der Waals surface area contributed by atoms with Gasteiger partial charge in [-0.3, -0.25) is 0 Å². The van der Waals surface area contributed by atoms with Crippen LogP contribution in [0.1, 0.15) is 11.1 Å². The smallest absolute Gasteiger partial charge is 0.101 e. The molecule has 0 saturated heterocycles. The van der Waals surface area contributed by atoms with Crippen LogP contribution in [0.25, 0.3) is 0 Å². The van der Waals surface area contributed by atoms with E-state index in [1.54, 1.807) is 18.0 Å². The maximum atomic E-state index is 9.32. The molecule has 2 aromatic rings. The fourth-order valence-electron chi connectivity index (χ4n) is 1.47. The van der Waals surface area contributed by atoms with Crippen molar-refractivity contribution in [3.05, 3.63) is 52.1 Å². The number of benzene rings is 1. The molecule has 0 aliphatic carbocycles. The molecule has 0 bridgehead atoms. The Morgan fingerprint density at radius 1 is 1.29 bits per heavy atom. The summed E-state index contributed by atoms with van der Waals surface area (Å²) in [6.45, 7) is 2.08. The lowest BCUT2D eigenvalue weighted by Crippen LogP contribution is -1.89. The first-order chi connectivity index (χ1) is 8.19. The van der Waals surface area contributed by atoms with E-state index in [0.717, 1.165) is 25.5 Å². The molecule has 0 spiro atoms. The van der Waals surface area contributed by atoms with Gasteiger partial charge in [-0.05, 0) is 46.6 Å². The Hall–Kier alpha value is -0.840. The van der Waals surface area contributed by atoms with Crippen molar-refractivity contribution in [3.8, 4) is 0 Å². The predicted molar refractivity (Wildman–Crippen MR) is 73.2 cm³/mol. The number of aryl methyl sites for hydroxylation is 1. The van der Waals surface area contributed by atoms with E-state index >= 15 is 0 Å². The van der Waals surface area contributed by atoms with Gasteiger partial charge in [-0.2, -0.15) is 0 Å². The van der Waals surface area contributed by atoms with Gasteiger partial charge < -0.3 is 5.11 Å². The number of halogens is 1. The number of aliphatic hydroxyl groups excluding tert-OH is 1. The minimum absolute atomic E-state index is 0.0561. The molecule has 0 unspecified atom stereocenters. The lowest BCUT2D eigenvalue weighted by Gasteiger charge is -2.07. The molecule has 2 nitrogen and oxygen atoms in total. The third-order valence-electron chi connectivity index (χ3n) is 2.30. The quantitative estimate of drug-likeness (QED) is 0.936. The van der Waals surface area contributed by atoms with Crippen molar-refractivity contribution in [2.24, 2.45) is 0 Å². The summed E-state index contributed by atoms with van der Waals surface area (Å²) in [6.07, 6.45) is 1.77. The lowest BCUT2D eigenvalue weighted by molar-refractivity contribution is 0.279. The summed E-state index contributed by atoms with van der Waals surface area (Å²) in [7, 11) is 0. The van der Waals surface area contributed by atoms with Crippen molar-refractivity contribution in [1.29, 1.82) is 0 Å². The van der Waals surface area contributed by atoms with Gasteiger partial charge in [-0.1, -0.05) is 29.5 Å². The zero-order chi connectivity index (χ0) is 12.3. The number of pyridine rings is 1. The van der Waals surface area contributed by atoms with Gasteiger partial charge in [0.25, 0.3) is 0 Å². The molecule has 4 heteroatoms. The number of rotatable bonds is 3. The van der Waals surface area contributed by atoms with Crippen molar-refractivity contribution in [3.63, 3.8) is 0 Å². The van der Waals surface area contributed by atoms with Gasteiger partial charge in [0.05, 0.1) is 6.61 Å². The standard InChI is InChI=1S/C13H12BrNOS/c1-9-2-4-12(10(6-9)8-16)17-13-5-3-11(14)7-15-13/h2-7,16H,8H2,1H3. The van der Waals surface area contributed by atoms with E-state index in [1.165, 1.54) is 0 Å². The summed E-state index contributed by atoms with van der Waals surface area (Å²) in [6, 6.07) is 9.98. The highest BCUT2D eigenvalue weighted by molar-refractivity contribution is 9.10. The maximum Gasteiger partial charge on any atom is 0.101 e. The zero-order valence-electron chi connectivity index (χ0n) is 9.35. The van der Waals surface area contributed by atoms with E-state index in [0.29, 0.717) is 0 Å². The molecule has 1 N–H and O–H groups in total. The van der Waals surface area contributed by atoms with Crippen LogP contribution in [-0.4, -0.2) is 10.1 Å². The van der Waals surface area contributed by atoms with Crippen LogP contribution in [0.2, 0.25) is 0 Å². The van der Waals surface area contributed by atoms with Crippen molar-refractivity contribution >= 4 is 27.7 Å². The van der Waals surface area contributed by atoms with Crippen molar-refractivity contribution in [2.45, 2.75) is 23.5 Å². The molecule has 0 atom stereocenters. The fourth-order valence-corrected chi connectivity index (χ4v) is 2.56. The Morgan fingerprint density at radius 2 is 2.12 bits per heavy atom. The van der Waals surface area contributed by atoms with E-state index < -0.39 is 0 Å². The van der Waals surface area contributed by atoms with Crippen molar-refractivity contribution < 1.29 is 5.11 Å². The van der Waals surface area contributed by atoms with Gasteiger partial charge >= 0.3 is 0 Å². The van der Waals surface area contributed by atoms with Gasteiger partial charge in [0, 0.05) is 15.6 Å². The van der Waals surface area contributed by atoms with Gasteiger partial charge in [0.1, 0.15) is 5.03 Å². The van der Waals surface area contributed by atoms with Crippen LogP contribution in [0.5, 0.6) is 0 Å². The molecule has 0 aliphatic rings. The van der Waals surface area contributed by atoms with Crippen LogP contribution >= 0.6 is 27.7 Å². The van der Waals surface area contributed by atoms with Crippen molar-refractivity contribution in [1.82, 2.24) is 4.98 Å². The summed E-state index contributed by atoms with van der Waals surface area (Å²) in [5, 5.41) is 10.2. The van der Waals surface area contributed by atoms with E-state index in [1.807, 2.05) is 37.3 Å². The monoisotopic (exact) mass is 309 g/mol. The molecular weight excluding hydrogens is 298 g/mol. The second kappa shape index (κ2) is 5.67. The Morgan fingerprint density at radius 3 is 2.76 bits per heavy atom. The predicted octanol–water partition coefficient (Wildman–Crippen LogP) is 3.80. The first-order valence-corrected chi connectivity index (χ1v) is 6.80. The number of aromatic nitrogens is 1. The normalized spacial score (nSPS) is 10.5. The number of hydrogen-bond donors (Lipinski definition) is 1. The third-order valence-corrected chi connectivity index (χ3v) is 3.84. The largest absolute Gasteiger partial charge is 0.392 e. The second-order valence-electron chi connectivity index (χ2n) is 3.69. The summed E-state index contributed by atoms with van der Waals surface area (Å²) < 4.78 is 0.966. The highest BCUT2D eigenvalue weighted by atomic mass is 79.9. The number of nitrogens with zero attached hydrogens (tertiary/aromatic N) is 1. The summed E-state index contributed by atoms with van der Waals surface area (Å²) in [4.78, 5) is 5.35. The molecule has 0 saturated carbocycles. The van der Waals surface area contributed by atoms with Crippen LogP contribution in [0.15, 0.2) is 50.9 Å². The van der Waals surface area contributed by atoms with Gasteiger partial charge in [0.2, 0.25) is 0 Å². The molecule has 1 aromatic heterocycles. The van der Waals surface area contributed by atoms with Crippen LogP contribution in [-0.2, 0) is 6.61 Å². The van der Waals surface area contributed by atoms with Crippen molar-refractivity contribution in [2.75, 3.05) is 0 Å². The fraction of sp³-hybridized carbons (Fsp3) is 0.154. The van der Waals surface area contributed by atoms with E-state index in [-0.39, 0.29) is 6.61 Å². The van der Waals surface area contributed by atoms with Gasteiger partial charge in [0.15, 0.2) is 0 Å². The summed E-state index contributed by atoms with van der Waals surface area (Å²) >= 11 is 4.92. The first-order valence-electron chi connectivity index (χ1n) is 5.19. The Labute approximate surface area is 113 Å². The van der Waals surface area contributed by atoms with Gasteiger partial charge in [-0.25, -0.2) is 4.98 Å². The van der Waals surface area contributed by atoms with Crippen LogP contribution in [0, 0.1) is 6.92 Å². The molecule has 17 heavy (non-hydrogen) atoms. The van der Waals surface area contributed by atoms with Crippen LogP contribution in [0.4, 0.5) is 0 Å². The first kappa shape index (κ1) is 12.6. The molecule has 0 radical (unpaired) electrons. The van der Waals surface area contributed by atoms with E-state index in [2.05, 4.69) is 20.9 Å². The average Bonchev–Trinajstić information content (AvgIpc) is 2.34. The Kier molecular flexibility index (Phi) is 4.20. The van der Waals surface area contributed by atoms with E-state index in [4.69, 9.17) is 0 Å². The minimum Gasteiger partial charge on any atom is -0.392 e. The lowest BCUT2D eigenvalue weighted by atomic mass is 10.1. The average molecular weight is 310 g/mol. The maximum absolute atomic E-state index is 9.32. The summed E-state index contributed by atoms with van der Waals surface area (Å²) in [5.74, 6) is 0. The minimum atomic E-state index is 0.0561.